The monoisotopic (exact) mass is 273 g/mol. The average Bonchev–Trinajstić information content (AvgIpc) is 2.27. The Kier molecular flexibility index (Phi) is 4.58. The van der Waals surface area contributed by atoms with Gasteiger partial charge in [0, 0.05) is 26.2 Å². The lowest BCUT2D eigenvalue weighted by Gasteiger charge is -2.12. The first-order valence-corrected chi connectivity index (χ1v) is 6.73. The van der Waals surface area contributed by atoms with Gasteiger partial charge in [-0.2, -0.15) is 17.4 Å². The molecule has 0 unspecified atom stereocenters. The highest BCUT2D eigenvalue weighted by Gasteiger charge is 2.11. The Bertz CT molecular complexity index is 495. The Hall–Kier alpha value is -1.02. The van der Waals surface area contributed by atoms with Crippen molar-refractivity contribution in [2.45, 2.75) is 6.54 Å². The van der Waals surface area contributed by atoms with E-state index in [0.717, 1.165) is 15.4 Å². The number of thiocarbonyl (C=S) groups is 1. The van der Waals surface area contributed by atoms with Crippen LogP contribution in [0.2, 0.25) is 0 Å². The molecule has 5 nitrogen and oxygen atoms in total. The molecule has 0 heterocycles. The summed E-state index contributed by atoms with van der Waals surface area (Å²) < 4.78 is 26.5. The van der Waals surface area contributed by atoms with Crippen molar-refractivity contribution in [3.05, 3.63) is 35.4 Å². The Morgan fingerprint density at radius 2 is 1.88 bits per heavy atom. The summed E-state index contributed by atoms with van der Waals surface area (Å²) in [6.07, 6.45) is 0. The second-order valence-electron chi connectivity index (χ2n) is 3.67. The van der Waals surface area contributed by atoms with Crippen molar-refractivity contribution < 1.29 is 8.42 Å². The normalized spacial score (nSPS) is 11.7. The van der Waals surface area contributed by atoms with Gasteiger partial charge in [-0.1, -0.05) is 36.5 Å². The quantitative estimate of drug-likeness (QED) is 0.752. The van der Waals surface area contributed by atoms with Gasteiger partial charge in [0.1, 0.15) is 4.99 Å². The van der Waals surface area contributed by atoms with Gasteiger partial charge in [0.25, 0.3) is 10.2 Å². The molecule has 0 aliphatic carbocycles. The summed E-state index contributed by atoms with van der Waals surface area (Å²) in [6.45, 7) is 0.234. The summed E-state index contributed by atoms with van der Waals surface area (Å²) in [4.78, 5) is 0.324. The number of nitrogens with zero attached hydrogens (tertiary/aromatic N) is 1. The lowest BCUT2D eigenvalue weighted by atomic mass is 10.1. The van der Waals surface area contributed by atoms with Crippen LogP contribution in [0.3, 0.4) is 0 Å². The predicted molar refractivity (Wildman–Crippen MR) is 71.8 cm³/mol. The van der Waals surface area contributed by atoms with Gasteiger partial charge in [-0.05, 0) is 5.56 Å². The molecule has 7 heteroatoms. The maximum atomic E-state index is 11.5. The smallest absolute Gasteiger partial charge is 0.279 e. The second-order valence-corrected chi connectivity index (χ2v) is 6.08. The van der Waals surface area contributed by atoms with Crippen LogP contribution < -0.4 is 10.5 Å². The summed E-state index contributed by atoms with van der Waals surface area (Å²) in [6, 6.07) is 7.10. The molecule has 0 saturated heterocycles. The van der Waals surface area contributed by atoms with Crippen molar-refractivity contribution in [2.75, 3.05) is 14.1 Å². The molecule has 0 aliphatic rings. The fourth-order valence-corrected chi connectivity index (χ4v) is 1.83. The van der Waals surface area contributed by atoms with Gasteiger partial charge in [-0.15, -0.1) is 0 Å². The maximum Gasteiger partial charge on any atom is 0.279 e. The molecule has 17 heavy (non-hydrogen) atoms. The largest absolute Gasteiger partial charge is 0.389 e. The molecule has 0 radical (unpaired) electrons. The highest BCUT2D eigenvalue weighted by atomic mass is 32.2. The van der Waals surface area contributed by atoms with Crippen molar-refractivity contribution in [3.8, 4) is 0 Å². The zero-order valence-corrected chi connectivity index (χ0v) is 11.3. The zero-order chi connectivity index (χ0) is 13.1. The molecule has 1 rings (SSSR count). The molecule has 94 valence electrons. The van der Waals surface area contributed by atoms with Gasteiger partial charge < -0.3 is 5.73 Å². The Morgan fingerprint density at radius 3 is 2.29 bits per heavy atom. The lowest BCUT2D eigenvalue weighted by molar-refractivity contribution is 0.505. The van der Waals surface area contributed by atoms with Crippen molar-refractivity contribution in [2.24, 2.45) is 5.73 Å². The molecule has 1 aromatic carbocycles. The average molecular weight is 273 g/mol. The van der Waals surface area contributed by atoms with Crippen LogP contribution in [-0.2, 0) is 16.8 Å². The number of nitrogens with two attached hydrogens (primary N) is 1. The fourth-order valence-electron chi connectivity index (χ4n) is 1.09. The van der Waals surface area contributed by atoms with E-state index in [4.69, 9.17) is 18.0 Å². The van der Waals surface area contributed by atoms with Crippen LogP contribution >= 0.6 is 12.2 Å². The molecule has 0 saturated carbocycles. The molecule has 1 aromatic rings. The summed E-state index contributed by atoms with van der Waals surface area (Å²) in [5, 5.41) is 0. The minimum atomic E-state index is -3.39. The van der Waals surface area contributed by atoms with E-state index in [-0.39, 0.29) is 6.54 Å². The van der Waals surface area contributed by atoms with Crippen LogP contribution in [0, 0.1) is 0 Å². The minimum absolute atomic E-state index is 0.234. The van der Waals surface area contributed by atoms with E-state index >= 15 is 0 Å². The first-order valence-electron chi connectivity index (χ1n) is 4.89. The number of hydrogen-bond donors (Lipinski definition) is 2. The number of benzene rings is 1. The summed E-state index contributed by atoms with van der Waals surface area (Å²) in [7, 11) is -0.449. The highest BCUT2D eigenvalue weighted by Crippen LogP contribution is 2.05. The summed E-state index contributed by atoms with van der Waals surface area (Å²) in [5.41, 5.74) is 7.07. The first kappa shape index (κ1) is 14.0. The molecule has 0 atom stereocenters. The van der Waals surface area contributed by atoms with E-state index in [9.17, 15) is 8.42 Å². The third kappa shape index (κ3) is 4.04. The lowest BCUT2D eigenvalue weighted by Crippen LogP contribution is -2.35. The molecule has 0 aromatic heterocycles. The third-order valence-corrected chi connectivity index (χ3v) is 3.88. The molecule has 0 bridgehead atoms. The molecular weight excluding hydrogens is 258 g/mol. The van der Waals surface area contributed by atoms with Crippen LogP contribution in [0.4, 0.5) is 0 Å². The summed E-state index contributed by atoms with van der Waals surface area (Å²) >= 11 is 4.82. The van der Waals surface area contributed by atoms with E-state index in [2.05, 4.69) is 4.72 Å². The van der Waals surface area contributed by atoms with Gasteiger partial charge in [0.2, 0.25) is 0 Å². The van der Waals surface area contributed by atoms with E-state index in [1.165, 1.54) is 14.1 Å². The van der Waals surface area contributed by atoms with E-state index in [0.29, 0.717) is 4.99 Å². The maximum absolute atomic E-state index is 11.5. The molecule has 3 N–H and O–H groups in total. The highest BCUT2D eigenvalue weighted by molar-refractivity contribution is 7.87. The Balaban J connectivity index is 2.68. The fraction of sp³-hybridized carbons (Fsp3) is 0.300. The van der Waals surface area contributed by atoms with Crippen molar-refractivity contribution in [1.82, 2.24) is 9.03 Å². The van der Waals surface area contributed by atoms with Crippen LogP contribution in [-0.4, -0.2) is 31.8 Å². The molecule has 0 spiro atoms. The Morgan fingerprint density at radius 1 is 1.35 bits per heavy atom. The molecular formula is C10H15N3O2S2. The van der Waals surface area contributed by atoms with Gasteiger partial charge in [-0.25, -0.2) is 0 Å². The van der Waals surface area contributed by atoms with Crippen molar-refractivity contribution in [3.63, 3.8) is 0 Å². The second kappa shape index (κ2) is 5.54. The molecule has 0 fully saturated rings. The third-order valence-electron chi connectivity index (χ3n) is 2.18. The van der Waals surface area contributed by atoms with Crippen LogP contribution in [0.1, 0.15) is 11.1 Å². The number of nitrogens with one attached hydrogen (secondary N) is 1. The van der Waals surface area contributed by atoms with Gasteiger partial charge in [0.05, 0.1) is 0 Å². The van der Waals surface area contributed by atoms with Gasteiger partial charge in [-0.3, -0.25) is 0 Å². The van der Waals surface area contributed by atoms with Crippen LogP contribution in [0.25, 0.3) is 0 Å². The standard InChI is InChI=1S/C10H15N3O2S2/c1-13(2)17(14,15)12-7-8-3-5-9(6-4-8)10(11)16/h3-6,12H,7H2,1-2H3,(H2,11,16). The van der Waals surface area contributed by atoms with Crippen LogP contribution in [0.15, 0.2) is 24.3 Å². The number of rotatable bonds is 5. The molecule has 0 aliphatic heterocycles. The van der Waals surface area contributed by atoms with E-state index in [1.807, 2.05) is 0 Å². The van der Waals surface area contributed by atoms with E-state index in [1.54, 1.807) is 24.3 Å². The van der Waals surface area contributed by atoms with Crippen LogP contribution in [0.5, 0.6) is 0 Å². The predicted octanol–water partition coefficient (Wildman–Crippen LogP) is 0.217. The minimum Gasteiger partial charge on any atom is -0.389 e. The van der Waals surface area contributed by atoms with Crippen molar-refractivity contribution >= 4 is 27.4 Å². The zero-order valence-electron chi connectivity index (χ0n) is 9.67. The topological polar surface area (TPSA) is 75.4 Å². The van der Waals surface area contributed by atoms with Crippen molar-refractivity contribution in [1.29, 1.82) is 0 Å². The van der Waals surface area contributed by atoms with E-state index < -0.39 is 10.2 Å². The van der Waals surface area contributed by atoms with Gasteiger partial charge >= 0.3 is 0 Å². The van der Waals surface area contributed by atoms with Gasteiger partial charge in [0.15, 0.2) is 0 Å². The summed E-state index contributed by atoms with van der Waals surface area (Å²) in [5.74, 6) is 0. The first-order chi connectivity index (χ1) is 7.83. The SMILES string of the molecule is CN(C)S(=O)(=O)NCc1ccc(C(N)=S)cc1. The molecule has 0 amide bonds. The number of hydrogen-bond acceptors (Lipinski definition) is 3. The Labute approximate surface area is 107 Å².